The van der Waals surface area contributed by atoms with Gasteiger partial charge in [0.25, 0.3) is 0 Å². The van der Waals surface area contributed by atoms with Crippen molar-refractivity contribution in [1.82, 2.24) is 10.2 Å². The third-order valence-electron chi connectivity index (χ3n) is 6.12. The third kappa shape index (κ3) is 4.33. The maximum Gasteiger partial charge on any atom is 0.326 e. The van der Waals surface area contributed by atoms with Gasteiger partial charge in [-0.15, -0.1) is 0 Å². The quantitative estimate of drug-likeness (QED) is 0.770. The third-order valence-corrected chi connectivity index (χ3v) is 6.12. The van der Waals surface area contributed by atoms with Crippen LogP contribution in [0, 0.1) is 11.8 Å². The number of amides is 2. The number of nitrogens with zero attached hydrogens (tertiary/aromatic N) is 1. The molecule has 0 aromatic heterocycles. The van der Waals surface area contributed by atoms with Crippen LogP contribution in [0.5, 0.6) is 0 Å². The molecule has 3 saturated carbocycles. The number of nitrogens with one attached hydrogen (secondary N) is 1. The topological polar surface area (TPSA) is 86.7 Å². The van der Waals surface area contributed by atoms with Crippen molar-refractivity contribution in [2.24, 2.45) is 11.8 Å². The fourth-order valence-corrected chi connectivity index (χ4v) is 4.36. The molecule has 0 bridgehead atoms. The summed E-state index contributed by atoms with van der Waals surface area (Å²) in [6.07, 6.45) is 9.24. The minimum atomic E-state index is -0.933. The zero-order valence-corrected chi connectivity index (χ0v) is 15.1. The average molecular weight is 350 g/mol. The van der Waals surface area contributed by atoms with Crippen LogP contribution in [0.2, 0.25) is 0 Å². The first kappa shape index (κ1) is 18.2. The fraction of sp³-hybridized carbons (Fsp3) is 0.842. The van der Waals surface area contributed by atoms with Crippen molar-refractivity contribution in [1.29, 1.82) is 0 Å². The largest absolute Gasteiger partial charge is 0.480 e. The van der Waals surface area contributed by atoms with E-state index in [1.54, 1.807) is 11.8 Å². The molecule has 1 atom stereocenters. The molecule has 0 saturated heterocycles. The van der Waals surface area contributed by atoms with Gasteiger partial charge in [0.2, 0.25) is 11.8 Å². The molecule has 0 spiro atoms. The molecule has 0 aliphatic heterocycles. The van der Waals surface area contributed by atoms with E-state index in [0.29, 0.717) is 0 Å². The van der Waals surface area contributed by atoms with Crippen molar-refractivity contribution >= 4 is 17.8 Å². The van der Waals surface area contributed by atoms with E-state index in [1.807, 2.05) is 0 Å². The summed E-state index contributed by atoms with van der Waals surface area (Å²) < 4.78 is 0. The highest BCUT2D eigenvalue weighted by atomic mass is 16.4. The van der Waals surface area contributed by atoms with E-state index < -0.39 is 12.0 Å². The summed E-state index contributed by atoms with van der Waals surface area (Å²) in [5.41, 5.74) is 0. The van der Waals surface area contributed by atoms with E-state index in [4.69, 9.17) is 0 Å². The van der Waals surface area contributed by atoms with Gasteiger partial charge in [0, 0.05) is 23.9 Å². The van der Waals surface area contributed by atoms with Gasteiger partial charge in [0.1, 0.15) is 6.04 Å². The molecule has 6 heteroatoms. The Balaban J connectivity index is 1.50. The van der Waals surface area contributed by atoms with Gasteiger partial charge in [0.15, 0.2) is 0 Å². The molecule has 1 unspecified atom stereocenters. The van der Waals surface area contributed by atoms with Crippen LogP contribution in [0.4, 0.5) is 0 Å². The lowest BCUT2D eigenvalue weighted by Gasteiger charge is -2.34. The molecule has 2 N–H and O–H groups in total. The number of rotatable bonds is 6. The van der Waals surface area contributed by atoms with Crippen LogP contribution in [-0.4, -0.2) is 45.9 Å². The number of hydrogen-bond acceptors (Lipinski definition) is 3. The van der Waals surface area contributed by atoms with E-state index in [-0.39, 0.29) is 35.7 Å². The van der Waals surface area contributed by atoms with Crippen molar-refractivity contribution in [3.63, 3.8) is 0 Å². The summed E-state index contributed by atoms with van der Waals surface area (Å²) in [7, 11) is 0. The van der Waals surface area contributed by atoms with E-state index in [0.717, 1.165) is 64.2 Å². The Morgan fingerprint density at radius 3 is 2.04 bits per heavy atom. The Morgan fingerprint density at radius 1 is 0.920 bits per heavy atom. The Bertz CT molecular complexity index is 518. The van der Waals surface area contributed by atoms with Crippen LogP contribution in [0.1, 0.15) is 71.1 Å². The van der Waals surface area contributed by atoms with Gasteiger partial charge in [-0.25, -0.2) is 4.79 Å². The Labute approximate surface area is 149 Å². The Kier molecular flexibility index (Phi) is 5.64. The molecule has 3 rings (SSSR count). The molecule has 25 heavy (non-hydrogen) atoms. The summed E-state index contributed by atoms with van der Waals surface area (Å²) in [5, 5.41) is 12.4. The molecule has 0 radical (unpaired) electrons. The summed E-state index contributed by atoms with van der Waals surface area (Å²) in [6.45, 7) is 1.60. The lowest BCUT2D eigenvalue weighted by atomic mass is 9.84. The second kappa shape index (κ2) is 7.75. The van der Waals surface area contributed by atoms with Crippen molar-refractivity contribution in [3.8, 4) is 0 Å². The molecule has 140 valence electrons. The smallest absolute Gasteiger partial charge is 0.326 e. The van der Waals surface area contributed by atoms with Crippen LogP contribution in [-0.2, 0) is 14.4 Å². The molecule has 0 heterocycles. The van der Waals surface area contributed by atoms with Crippen LogP contribution in [0.3, 0.4) is 0 Å². The minimum Gasteiger partial charge on any atom is -0.480 e. The molecule has 2 amide bonds. The molecule has 3 fully saturated rings. The molecular weight excluding hydrogens is 320 g/mol. The van der Waals surface area contributed by atoms with Crippen LogP contribution in [0.15, 0.2) is 0 Å². The number of aliphatic carboxylic acids is 1. The Hall–Kier alpha value is -1.59. The number of hydrogen-bond donors (Lipinski definition) is 2. The maximum absolute atomic E-state index is 12.8. The summed E-state index contributed by atoms with van der Waals surface area (Å²) in [6, 6.07) is -0.471. The zero-order chi connectivity index (χ0) is 18.0. The van der Waals surface area contributed by atoms with Gasteiger partial charge in [-0.05, 0) is 58.3 Å². The number of carboxylic acid groups (broad SMARTS) is 1. The van der Waals surface area contributed by atoms with Crippen LogP contribution < -0.4 is 5.32 Å². The standard InChI is InChI=1S/C19H30N2O4/c1-12(19(24)25)21(16-10-11-16)18(23)14-6-8-15(9-7-14)20-17(22)13-4-2-3-5-13/h12-16H,2-11H2,1H3,(H,20,22)(H,24,25). The van der Waals surface area contributed by atoms with Crippen molar-refractivity contribution in [3.05, 3.63) is 0 Å². The van der Waals surface area contributed by atoms with Crippen molar-refractivity contribution in [2.45, 2.75) is 89.3 Å². The first-order valence-corrected chi connectivity index (χ1v) is 9.82. The van der Waals surface area contributed by atoms with E-state index in [1.165, 1.54) is 0 Å². The monoisotopic (exact) mass is 350 g/mol. The molecule has 3 aliphatic carbocycles. The maximum atomic E-state index is 12.8. The number of carboxylic acids is 1. The summed E-state index contributed by atoms with van der Waals surface area (Å²) >= 11 is 0. The van der Waals surface area contributed by atoms with E-state index in [9.17, 15) is 19.5 Å². The number of carbonyl (C=O) groups excluding carboxylic acids is 2. The predicted octanol–water partition coefficient (Wildman–Crippen LogP) is 2.32. The predicted molar refractivity (Wildman–Crippen MR) is 92.8 cm³/mol. The van der Waals surface area contributed by atoms with Gasteiger partial charge in [-0.2, -0.15) is 0 Å². The van der Waals surface area contributed by atoms with Crippen LogP contribution in [0.25, 0.3) is 0 Å². The second-order valence-electron chi connectivity index (χ2n) is 8.03. The van der Waals surface area contributed by atoms with Crippen LogP contribution >= 0.6 is 0 Å². The highest BCUT2D eigenvalue weighted by molar-refractivity contribution is 5.85. The minimum absolute atomic E-state index is 0.00188. The van der Waals surface area contributed by atoms with Crippen molar-refractivity contribution < 1.29 is 19.5 Å². The fourth-order valence-electron chi connectivity index (χ4n) is 4.36. The zero-order valence-electron chi connectivity index (χ0n) is 15.1. The van der Waals surface area contributed by atoms with Gasteiger partial charge < -0.3 is 15.3 Å². The lowest BCUT2D eigenvalue weighted by molar-refractivity contribution is -0.152. The van der Waals surface area contributed by atoms with E-state index >= 15 is 0 Å². The normalized spacial score (nSPS) is 28.4. The van der Waals surface area contributed by atoms with Gasteiger partial charge in [-0.1, -0.05) is 12.8 Å². The number of carbonyl (C=O) groups is 3. The molecule has 0 aromatic carbocycles. The highest BCUT2D eigenvalue weighted by Crippen LogP contribution is 2.34. The first-order chi connectivity index (χ1) is 12.0. The first-order valence-electron chi connectivity index (χ1n) is 9.82. The Morgan fingerprint density at radius 2 is 1.52 bits per heavy atom. The second-order valence-corrected chi connectivity index (χ2v) is 8.03. The summed E-state index contributed by atoms with van der Waals surface area (Å²) in [5.74, 6) is -0.662. The van der Waals surface area contributed by atoms with Gasteiger partial charge in [0.05, 0.1) is 0 Å². The molecule has 0 aromatic rings. The summed E-state index contributed by atoms with van der Waals surface area (Å²) in [4.78, 5) is 38.0. The molecule has 6 nitrogen and oxygen atoms in total. The van der Waals surface area contributed by atoms with Gasteiger partial charge >= 0.3 is 5.97 Å². The SMILES string of the molecule is CC(C(=O)O)N(C(=O)C1CCC(NC(=O)C2CCCC2)CC1)C1CC1. The van der Waals surface area contributed by atoms with Crippen molar-refractivity contribution in [2.75, 3.05) is 0 Å². The van der Waals surface area contributed by atoms with E-state index in [2.05, 4.69) is 5.32 Å². The highest BCUT2D eigenvalue weighted by Gasteiger charge is 2.41. The van der Waals surface area contributed by atoms with Gasteiger partial charge in [-0.3, -0.25) is 9.59 Å². The molecule has 3 aliphatic rings. The average Bonchev–Trinajstić information content (AvgIpc) is 3.26. The lowest BCUT2D eigenvalue weighted by Crippen LogP contribution is -2.49. The molecular formula is C19H30N2O4.